The van der Waals surface area contributed by atoms with E-state index in [9.17, 15) is 9.59 Å². The van der Waals surface area contributed by atoms with Crippen molar-refractivity contribution in [1.29, 1.82) is 0 Å². The highest BCUT2D eigenvalue weighted by Gasteiger charge is 2.15. The van der Waals surface area contributed by atoms with Gasteiger partial charge in [0.05, 0.1) is 23.8 Å². The third kappa shape index (κ3) is 8.39. The minimum Gasteiger partial charge on any atom is -0.494 e. The summed E-state index contributed by atoms with van der Waals surface area (Å²) in [4.78, 5) is 31.9. The van der Waals surface area contributed by atoms with Gasteiger partial charge in [0.25, 0.3) is 0 Å². The molecule has 140 valence electrons. The van der Waals surface area contributed by atoms with Crippen LogP contribution in [0.4, 0.5) is 4.79 Å². The number of ether oxygens (including phenoxy) is 2. The van der Waals surface area contributed by atoms with Crippen molar-refractivity contribution in [3.8, 4) is 5.75 Å². The van der Waals surface area contributed by atoms with Crippen LogP contribution in [0.5, 0.6) is 5.75 Å². The molecule has 0 aliphatic carbocycles. The number of benzene rings is 1. The van der Waals surface area contributed by atoms with Crippen LogP contribution in [0, 0.1) is 5.92 Å². The van der Waals surface area contributed by atoms with Crippen molar-refractivity contribution in [1.82, 2.24) is 0 Å². The van der Waals surface area contributed by atoms with Crippen molar-refractivity contribution >= 4 is 12.1 Å². The van der Waals surface area contributed by atoms with Gasteiger partial charge in [-0.15, -0.1) is 0 Å². The van der Waals surface area contributed by atoms with Gasteiger partial charge in [0.15, 0.2) is 0 Å². The molecule has 0 aliphatic heterocycles. The van der Waals surface area contributed by atoms with Crippen LogP contribution in [-0.4, -0.2) is 25.3 Å². The van der Waals surface area contributed by atoms with Gasteiger partial charge >= 0.3 is 12.1 Å². The SMILES string of the molecule is CCCCC(CC)COC(=O)OOOC(=O)c1cccc(OCC)c1. The molecule has 0 heterocycles. The molecule has 0 saturated heterocycles. The number of carbonyl (C=O) groups is 2. The summed E-state index contributed by atoms with van der Waals surface area (Å²) in [5, 5.41) is 4.19. The quantitative estimate of drug-likeness (QED) is 0.330. The molecule has 0 radical (unpaired) electrons. The number of hydrogen-bond acceptors (Lipinski definition) is 7. The lowest BCUT2D eigenvalue weighted by Crippen LogP contribution is -2.16. The first-order valence-electron chi connectivity index (χ1n) is 8.55. The third-order valence-corrected chi connectivity index (χ3v) is 3.57. The van der Waals surface area contributed by atoms with Gasteiger partial charge in [-0.2, -0.15) is 0 Å². The summed E-state index contributed by atoms with van der Waals surface area (Å²) >= 11 is 0. The zero-order valence-corrected chi connectivity index (χ0v) is 15.0. The van der Waals surface area contributed by atoms with Gasteiger partial charge in [-0.05, 0) is 37.5 Å². The van der Waals surface area contributed by atoms with Gasteiger partial charge in [0.1, 0.15) is 5.75 Å². The van der Waals surface area contributed by atoms with Crippen molar-refractivity contribution in [2.75, 3.05) is 13.2 Å². The van der Waals surface area contributed by atoms with Crippen LogP contribution in [0.3, 0.4) is 0 Å². The Morgan fingerprint density at radius 3 is 2.60 bits per heavy atom. The Hall–Kier alpha value is -2.28. The Labute approximate surface area is 148 Å². The highest BCUT2D eigenvalue weighted by Crippen LogP contribution is 2.15. The van der Waals surface area contributed by atoms with Crippen LogP contribution in [-0.2, 0) is 19.6 Å². The number of rotatable bonds is 11. The molecule has 25 heavy (non-hydrogen) atoms. The van der Waals surface area contributed by atoms with E-state index in [1.54, 1.807) is 12.1 Å². The molecular formula is C18H26O7. The molecule has 7 nitrogen and oxygen atoms in total. The summed E-state index contributed by atoms with van der Waals surface area (Å²) in [5.41, 5.74) is 0.202. The summed E-state index contributed by atoms with van der Waals surface area (Å²) in [5.74, 6) is -0.0185. The average Bonchev–Trinajstić information content (AvgIpc) is 2.62. The molecule has 1 aromatic rings. The molecule has 0 fully saturated rings. The minimum atomic E-state index is -1.05. The van der Waals surface area contributed by atoms with Crippen LogP contribution in [0.15, 0.2) is 24.3 Å². The van der Waals surface area contributed by atoms with E-state index in [0.29, 0.717) is 12.4 Å². The fourth-order valence-electron chi connectivity index (χ4n) is 2.11. The lowest BCUT2D eigenvalue weighted by atomic mass is 10.0. The molecule has 0 amide bonds. The van der Waals surface area contributed by atoms with Gasteiger partial charge in [-0.3, -0.25) is 4.89 Å². The molecule has 0 bridgehead atoms. The lowest BCUT2D eigenvalue weighted by molar-refractivity contribution is -0.452. The maximum absolute atomic E-state index is 11.8. The summed E-state index contributed by atoms with van der Waals surface area (Å²) in [7, 11) is 0. The maximum atomic E-state index is 11.8. The van der Waals surface area contributed by atoms with Crippen molar-refractivity contribution in [3.63, 3.8) is 0 Å². The third-order valence-electron chi connectivity index (χ3n) is 3.57. The Balaban J connectivity index is 2.30. The van der Waals surface area contributed by atoms with E-state index in [4.69, 9.17) is 9.47 Å². The summed E-state index contributed by atoms with van der Waals surface area (Å²) in [6.45, 7) is 6.68. The Bertz CT molecular complexity index is 530. The molecule has 1 atom stereocenters. The van der Waals surface area contributed by atoms with Gasteiger partial charge in [-0.1, -0.05) is 39.2 Å². The van der Waals surface area contributed by atoms with Crippen LogP contribution >= 0.6 is 0 Å². The van der Waals surface area contributed by atoms with Crippen LogP contribution in [0.25, 0.3) is 0 Å². The minimum absolute atomic E-state index is 0.202. The fraction of sp³-hybridized carbons (Fsp3) is 0.556. The molecule has 1 rings (SSSR count). The predicted molar refractivity (Wildman–Crippen MR) is 89.9 cm³/mol. The van der Waals surface area contributed by atoms with Crippen LogP contribution in [0.1, 0.15) is 56.8 Å². The first-order chi connectivity index (χ1) is 12.1. The maximum Gasteiger partial charge on any atom is 0.543 e. The van der Waals surface area contributed by atoms with Gasteiger partial charge in [0, 0.05) is 0 Å². The second-order valence-corrected chi connectivity index (χ2v) is 5.46. The molecule has 0 N–H and O–H groups in total. The standard InChI is InChI=1S/C18H26O7/c1-4-7-9-14(5-2)13-22-18(20)24-25-23-17(19)15-10-8-11-16(12-15)21-6-3/h8,10-12,14H,4-7,9,13H2,1-3H3. The second-order valence-electron chi connectivity index (χ2n) is 5.46. The van der Waals surface area contributed by atoms with Crippen molar-refractivity contribution in [3.05, 3.63) is 29.8 Å². The second kappa shape index (κ2) is 12.1. The lowest BCUT2D eigenvalue weighted by Gasteiger charge is -2.13. The van der Waals surface area contributed by atoms with E-state index in [1.165, 1.54) is 12.1 Å². The Kier molecular flexibility index (Phi) is 10.1. The Morgan fingerprint density at radius 2 is 1.92 bits per heavy atom. The van der Waals surface area contributed by atoms with E-state index < -0.39 is 12.1 Å². The van der Waals surface area contributed by atoms with E-state index in [2.05, 4.69) is 21.7 Å². The molecule has 1 aromatic carbocycles. The molecule has 0 aliphatic rings. The van der Waals surface area contributed by atoms with Crippen molar-refractivity contribution < 1.29 is 33.9 Å². The smallest absolute Gasteiger partial charge is 0.494 e. The molecular weight excluding hydrogens is 328 g/mol. The van der Waals surface area contributed by atoms with E-state index in [-0.39, 0.29) is 18.1 Å². The first kappa shape index (κ1) is 20.8. The number of hydrogen-bond donors (Lipinski definition) is 0. The van der Waals surface area contributed by atoms with Gasteiger partial charge in [0.2, 0.25) is 0 Å². The highest BCUT2D eigenvalue weighted by molar-refractivity contribution is 5.89. The fourth-order valence-corrected chi connectivity index (χ4v) is 2.11. The average molecular weight is 354 g/mol. The molecule has 0 spiro atoms. The first-order valence-corrected chi connectivity index (χ1v) is 8.55. The van der Waals surface area contributed by atoms with E-state index in [1.807, 2.05) is 13.8 Å². The number of unbranched alkanes of at least 4 members (excludes halogenated alkanes) is 1. The van der Waals surface area contributed by atoms with Crippen molar-refractivity contribution in [2.45, 2.75) is 46.5 Å². The van der Waals surface area contributed by atoms with Gasteiger partial charge < -0.3 is 9.47 Å². The zero-order chi connectivity index (χ0) is 18.5. The number of carbonyl (C=O) groups excluding carboxylic acids is 2. The monoisotopic (exact) mass is 354 g/mol. The normalized spacial score (nSPS) is 11.5. The largest absolute Gasteiger partial charge is 0.543 e. The highest BCUT2D eigenvalue weighted by atomic mass is 17.5. The zero-order valence-electron chi connectivity index (χ0n) is 15.0. The topological polar surface area (TPSA) is 80.3 Å². The molecule has 1 unspecified atom stereocenters. The molecule has 0 aromatic heterocycles. The van der Waals surface area contributed by atoms with Crippen molar-refractivity contribution in [2.24, 2.45) is 5.92 Å². The van der Waals surface area contributed by atoms with Gasteiger partial charge in [-0.25, -0.2) is 14.5 Å². The van der Waals surface area contributed by atoms with E-state index in [0.717, 1.165) is 25.7 Å². The summed E-state index contributed by atoms with van der Waals surface area (Å²) in [6.07, 6.45) is 2.99. The van der Waals surface area contributed by atoms with Crippen LogP contribution < -0.4 is 4.74 Å². The molecule has 0 saturated carbocycles. The molecule has 7 heteroatoms. The Morgan fingerprint density at radius 1 is 1.12 bits per heavy atom. The predicted octanol–water partition coefficient (Wildman–Crippen LogP) is 4.46. The summed E-state index contributed by atoms with van der Waals surface area (Å²) in [6, 6.07) is 6.36. The van der Waals surface area contributed by atoms with E-state index >= 15 is 0 Å². The summed E-state index contributed by atoms with van der Waals surface area (Å²) < 4.78 is 10.2. The van der Waals surface area contributed by atoms with Crippen LogP contribution in [0.2, 0.25) is 0 Å².